The third-order valence-corrected chi connectivity index (χ3v) is 3.14. The lowest BCUT2D eigenvalue weighted by atomic mass is 10.1. The van der Waals surface area contributed by atoms with Gasteiger partial charge in [0.05, 0.1) is 0 Å². The Morgan fingerprint density at radius 3 is 2.65 bits per heavy atom. The number of aromatic amines is 1. The Labute approximate surface area is 115 Å². The van der Waals surface area contributed by atoms with Crippen LogP contribution in [0, 0.1) is 12.7 Å². The molecule has 0 aliphatic carbocycles. The van der Waals surface area contributed by atoms with Crippen LogP contribution in [0.2, 0.25) is 0 Å². The number of halogens is 1. The number of likely N-dealkylation sites (N-methyl/N-ethyl adjacent to an activating group) is 1. The zero-order valence-electron chi connectivity index (χ0n) is 11.2. The summed E-state index contributed by atoms with van der Waals surface area (Å²) in [4.78, 5) is 27.0. The van der Waals surface area contributed by atoms with Gasteiger partial charge in [0.2, 0.25) is 0 Å². The molecule has 0 saturated carbocycles. The fourth-order valence-corrected chi connectivity index (χ4v) is 2.15. The van der Waals surface area contributed by atoms with Crippen molar-refractivity contribution in [1.29, 1.82) is 0 Å². The van der Waals surface area contributed by atoms with Crippen molar-refractivity contribution in [3.63, 3.8) is 0 Å². The number of aryl methyl sites for hydroxylation is 1. The van der Waals surface area contributed by atoms with Gasteiger partial charge in [0.25, 0.3) is 5.91 Å². The van der Waals surface area contributed by atoms with E-state index in [1.54, 1.807) is 19.9 Å². The first-order chi connectivity index (χ1) is 9.42. The van der Waals surface area contributed by atoms with Gasteiger partial charge in [-0.3, -0.25) is 9.59 Å². The number of carboxylic acid groups (broad SMARTS) is 1. The zero-order valence-corrected chi connectivity index (χ0v) is 11.2. The number of fused-ring (bicyclic) bond motifs is 1. The molecule has 1 heterocycles. The fraction of sp³-hybridized carbons (Fsp3) is 0.286. The van der Waals surface area contributed by atoms with Gasteiger partial charge in [-0.25, -0.2) is 4.39 Å². The molecule has 0 saturated heterocycles. The highest BCUT2D eigenvalue weighted by Gasteiger charge is 2.19. The number of hydrogen-bond donors (Lipinski definition) is 2. The highest BCUT2D eigenvalue weighted by molar-refractivity contribution is 5.99. The Hall–Kier alpha value is -2.37. The molecule has 0 fully saturated rings. The van der Waals surface area contributed by atoms with E-state index in [1.165, 1.54) is 17.0 Å². The number of nitrogens with one attached hydrogen (secondary N) is 1. The van der Waals surface area contributed by atoms with E-state index in [2.05, 4.69) is 4.98 Å². The molecule has 1 amide bonds. The van der Waals surface area contributed by atoms with E-state index in [0.717, 1.165) is 10.9 Å². The lowest BCUT2D eigenvalue weighted by molar-refractivity contribution is -0.137. The SMILES string of the molecule is CCN(CC(=O)O)C(=O)c1cc2c(C)cc(F)cc2[nH]1. The summed E-state index contributed by atoms with van der Waals surface area (Å²) in [5.74, 6) is -1.86. The van der Waals surface area contributed by atoms with Crippen molar-refractivity contribution in [2.75, 3.05) is 13.1 Å². The number of carbonyl (C=O) groups excluding carboxylic acids is 1. The Bertz CT molecular complexity index is 678. The van der Waals surface area contributed by atoms with Gasteiger partial charge in [-0.15, -0.1) is 0 Å². The van der Waals surface area contributed by atoms with Crippen molar-refractivity contribution >= 4 is 22.8 Å². The van der Waals surface area contributed by atoms with Gasteiger partial charge in [0, 0.05) is 17.4 Å². The number of nitrogens with zero attached hydrogens (tertiary/aromatic N) is 1. The van der Waals surface area contributed by atoms with Crippen LogP contribution in [0.15, 0.2) is 18.2 Å². The van der Waals surface area contributed by atoms with Crippen LogP contribution >= 0.6 is 0 Å². The Balaban J connectivity index is 2.39. The van der Waals surface area contributed by atoms with Gasteiger partial charge in [-0.1, -0.05) is 0 Å². The van der Waals surface area contributed by atoms with Crippen LogP contribution < -0.4 is 0 Å². The Morgan fingerprint density at radius 2 is 2.05 bits per heavy atom. The van der Waals surface area contributed by atoms with Crippen LogP contribution in [0.4, 0.5) is 4.39 Å². The second-order valence-electron chi connectivity index (χ2n) is 4.58. The number of aromatic nitrogens is 1. The van der Waals surface area contributed by atoms with E-state index in [4.69, 9.17) is 5.11 Å². The van der Waals surface area contributed by atoms with Crippen LogP contribution in [0.25, 0.3) is 10.9 Å². The summed E-state index contributed by atoms with van der Waals surface area (Å²) in [7, 11) is 0. The number of hydrogen-bond acceptors (Lipinski definition) is 2. The van der Waals surface area contributed by atoms with E-state index in [9.17, 15) is 14.0 Å². The number of H-pyrrole nitrogens is 1. The average Bonchev–Trinajstić information content (AvgIpc) is 2.78. The molecule has 5 nitrogen and oxygen atoms in total. The van der Waals surface area contributed by atoms with E-state index in [-0.39, 0.29) is 24.6 Å². The zero-order chi connectivity index (χ0) is 14.9. The molecule has 2 rings (SSSR count). The number of carbonyl (C=O) groups is 2. The monoisotopic (exact) mass is 278 g/mol. The second kappa shape index (κ2) is 5.32. The molecule has 2 N–H and O–H groups in total. The molecule has 0 atom stereocenters. The summed E-state index contributed by atoms with van der Waals surface area (Å²) in [5.41, 5.74) is 1.51. The quantitative estimate of drug-likeness (QED) is 0.900. The molecule has 0 spiro atoms. The number of benzene rings is 1. The molecule has 0 bridgehead atoms. The first-order valence-electron chi connectivity index (χ1n) is 6.22. The van der Waals surface area contributed by atoms with Gasteiger partial charge in [0.15, 0.2) is 0 Å². The van der Waals surface area contributed by atoms with Crippen molar-refractivity contribution in [1.82, 2.24) is 9.88 Å². The molecule has 106 valence electrons. The Kier molecular flexibility index (Phi) is 3.74. The summed E-state index contributed by atoms with van der Waals surface area (Å²) in [6.45, 7) is 3.38. The second-order valence-corrected chi connectivity index (χ2v) is 4.58. The smallest absolute Gasteiger partial charge is 0.323 e. The molecule has 2 aromatic rings. The highest BCUT2D eigenvalue weighted by atomic mass is 19.1. The standard InChI is InChI=1S/C14H15FN2O3/c1-3-17(7-13(18)19)14(20)12-6-10-8(2)4-9(15)5-11(10)16-12/h4-6,16H,3,7H2,1-2H3,(H,18,19). The highest BCUT2D eigenvalue weighted by Crippen LogP contribution is 2.21. The molecular weight excluding hydrogens is 263 g/mol. The molecule has 6 heteroatoms. The lowest BCUT2D eigenvalue weighted by Gasteiger charge is -2.17. The van der Waals surface area contributed by atoms with Crippen LogP contribution in [0.5, 0.6) is 0 Å². The minimum atomic E-state index is -1.07. The van der Waals surface area contributed by atoms with Crippen LogP contribution in [0.1, 0.15) is 23.0 Å². The molecule has 1 aromatic heterocycles. The largest absolute Gasteiger partial charge is 0.480 e. The van der Waals surface area contributed by atoms with Crippen LogP contribution in [-0.4, -0.2) is 40.0 Å². The summed E-state index contributed by atoms with van der Waals surface area (Å²) in [5, 5.41) is 9.53. The summed E-state index contributed by atoms with van der Waals surface area (Å²) in [6.07, 6.45) is 0. The van der Waals surface area contributed by atoms with E-state index in [0.29, 0.717) is 5.52 Å². The summed E-state index contributed by atoms with van der Waals surface area (Å²) >= 11 is 0. The van der Waals surface area contributed by atoms with Crippen LogP contribution in [0.3, 0.4) is 0 Å². The van der Waals surface area contributed by atoms with Crippen molar-refractivity contribution in [3.05, 3.63) is 35.3 Å². The normalized spacial score (nSPS) is 10.8. The van der Waals surface area contributed by atoms with Gasteiger partial charge in [-0.2, -0.15) is 0 Å². The van der Waals surface area contributed by atoms with E-state index >= 15 is 0 Å². The number of amides is 1. The molecule has 20 heavy (non-hydrogen) atoms. The van der Waals surface area contributed by atoms with E-state index < -0.39 is 11.9 Å². The van der Waals surface area contributed by atoms with Gasteiger partial charge < -0.3 is 15.0 Å². The minimum absolute atomic E-state index is 0.261. The maximum atomic E-state index is 13.3. The lowest BCUT2D eigenvalue weighted by Crippen LogP contribution is -2.35. The number of carboxylic acids is 1. The third kappa shape index (κ3) is 2.64. The third-order valence-electron chi connectivity index (χ3n) is 3.14. The molecule has 0 aliphatic heterocycles. The van der Waals surface area contributed by atoms with Crippen molar-refractivity contribution < 1.29 is 19.1 Å². The maximum absolute atomic E-state index is 13.3. The molecular formula is C14H15FN2O3. The van der Waals surface area contributed by atoms with Gasteiger partial charge in [0.1, 0.15) is 18.1 Å². The molecule has 1 aromatic carbocycles. The average molecular weight is 278 g/mol. The summed E-state index contributed by atoms with van der Waals surface area (Å²) in [6, 6.07) is 4.32. The van der Waals surface area contributed by atoms with Gasteiger partial charge in [-0.05, 0) is 37.6 Å². The number of rotatable bonds is 4. The molecule has 0 unspecified atom stereocenters. The van der Waals surface area contributed by atoms with E-state index in [1.807, 2.05) is 0 Å². The first-order valence-corrected chi connectivity index (χ1v) is 6.22. The topological polar surface area (TPSA) is 73.4 Å². The minimum Gasteiger partial charge on any atom is -0.480 e. The van der Waals surface area contributed by atoms with Gasteiger partial charge >= 0.3 is 5.97 Å². The first kappa shape index (κ1) is 14.0. The summed E-state index contributed by atoms with van der Waals surface area (Å²) < 4.78 is 13.3. The molecule has 0 radical (unpaired) electrons. The molecule has 0 aliphatic rings. The Morgan fingerprint density at radius 1 is 1.35 bits per heavy atom. The fourth-order valence-electron chi connectivity index (χ4n) is 2.15. The van der Waals surface area contributed by atoms with Crippen molar-refractivity contribution in [2.24, 2.45) is 0 Å². The van der Waals surface area contributed by atoms with Crippen molar-refractivity contribution in [3.8, 4) is 0 Å². The van der Waals surface area contributed by atoms with Crippen molar-refractivity contribution in [2.45, 2.75) is 13.8 Å². The van der Waals surface area contributed by atoms with Crippen LogP contribution in [-0.2, 0) is 4.79 Å². The number of aliphatic carboxylic acids is 1. The maximum Gasteiger partial charge on any atom is 0.323 e. The predicted molar refractivity (Wildman–Crippen MR) is 72.2 cm³/mol. The predicted octanol–water partition coefficient (Wildman–Crippen LogP) is 2.16.